The van der Waals surface area contributed by atoms with E-state index in [2.05, 4.69) is 0 Å². The highest BCUT2D eigenvalue weighted by Gasteiger charge is 2.55. The first-order valence-corrected chi connectivity index (χ1v) is 24.8. The van der Waals surface area contributed by atoms with E-state index in [0.717, 1.165) is 33.4 Å². The van der Waals surface area contributed by atoms with E-state index in [9.17, 15) is 35.7 Å². The summed E-state index contributed by atoms with van der Waals surface area (Å²) in [6.07, 6.45) is -23.9. The van der Waals surface area contributed by atoms with E-state index < -0.39 is 97.7 Å². The summed E-state index contributed by atoms with van der Waals surface area (Å²) in [4.78, 5) is 0. The first-order chi connectivity index (χ1) is 36.1. The molecule has 16 nitrogen and oxygen atoms in total. The molecule has 0 aliphatic carbocycles. The standard InChI is InChI=1S/C58H64O16/c59-46-49(62)55(65)69-43(34-66-31-37-19-7-1-8-20-37)52(46)72-56-50(63)47(60)53(44(70-56)35-67-32-38-21-9-2-10-22-38)73-57-51(64)48(61)54(45(71-57)36-68-33-39-23-11-3-12-24-39)74-58(40-25-13-4-14-26-40,41-27-15-5-16-28-41)42-29-17-6-18-30-42/h1-30,43-57,59-65H,31-36H2/t43-,44-,45-,46-,47-,48-,49+,50+,51+,52-,53-,54-,55+,56-,57-/m1/s1. The van der Waals surface area contributed by atoms with Crippen LogP contribution in [-0.2, 0) is 68.1 Å². The van der Waals surface area contributed by atoms with Crippen molar-refractivity contribution in [1.82, 2.24) is 0 Å². The first-order valence-electron chi connectivity index (χ1n) is 24.8. The molecule has 6 aromatic carbocycles. The minimum absolute atomic E-state index is 0.102. The van der Waals surface area contributed by atoms with Crippen molar-refractivity contribution >= 4 is 0 Å². The number of aliphatic hydroxyl groups excluding tert-OH is 7. The van der Waals surface area contributed by atoms with E-state index in [0.29, 0.717) is 0 Å². The number of hydrogen-bond acceptors (Lipinski definition) is 16. The lowest BCUT2D eigenvalue weighted by Crippen LogP contribution is -2.67. The molecule has 0 saturated carbocycles. The topological polar surface area (TPSA) is 225 Å². The van der Waals surface area contributed by atoms with Gasteiger partial charge in [-0.3, -0.25) is 0 Å². The Bertz CT molecular complexity index is 2460. The molecule has 16 heteroatoms. The summed E-state index contributed by atoms with van der Waals surface area (Å²) in [5.74, 6) is 0. The molecule has 74 heavy (non-hydrogen) atoms. The molecular weight excluding hydrogens is 953 g/mol. The number of aliphatic hydroxyl groups is 7. The van der Waals surface area contributed by atoms with Gasteiger partial charge in [-0.1, -0.05) is 182 Å². The van der Waals surface area contributed by atoms with Crippen LogP contribution in [0.5, 0.6) is 0 Å². The molecule has 0 unspecified atom stereocenters. The fourth-order valence-corrected chi connectivity index (χ4v) is 9.68. The van der Waals surface area contributed by atoms with Gasteiger partial charge in [0.25, 0.3) is 0 Å². The highest BCUT2D eigenvalue weighted by atomic mass is 16.8. The van der Waals surface area contributed by atoms with Gasteiger partial charge in [0.2, 0.25) is 0 Å². The van der Waals surface area contributed by atoms with Crippen LogP contribution < -0.4 is 0 Å². The summed E-state index contributed by atoms with van der Waals surface area (Å²) in [6.45, 7) is -0.235. The minimum Gasteiger partial charge on any atom is -0.387 e. The highest BCUT2D eigenvalue weighted by Crippen LogP contribution is 2.44. The van der Waals surface area contributed by atoms with Gasteiger partial charge in [0.05, 0.1) is 39.6 Å². The van der Waals surface area contributed by atoms with Crippen molar-refractivity contribution in [3.8, 4) is 0 Å². The van der Waals surface area contributed by atoms with Gasteiger partial charge in [0.1, 0.15) is 78.8 Å². The Kier molecular flexibility index (Phi) is 18.4. The second-order valence-electron chi connectivity index (χ2n) is 18.7. The fourth-order valence-electron chi connectivity index (χ4n) is 9.68. The monoisotopic (exact) mass is 1020 g/mol. The predicted molar refractivity (Wildman–Crippen MR) is 266 cm³/mol. The molecule has 3 aliphatic heterocycles. The van der Waals surface area contributed by atoms with Crippen molar-refractivity contribution in [3.63, 3.8) is 0 Å². The molecule has 3 heterocycles. The Morgan fingerprint density at radius 1 is 0.338 bits per heavy atom. The van der Waals surface area contributed by atoms with Crippen LogP contribution in [0.15, 0.2) is 182 Å². The first kappa shape index (κ1) is 53.5. The molecule has 3 fully saturated rings. The van der Waals surface area contributed by atoms with Crippen molar-refractivity contribution in [2.75, 3.05) is 19.8 Å². The van der Waals surface area contributed by atoms with Crippen molar-refractivity contribution in [2.45, 2.75) is 118 Å². The van der Waals surface area contributed by atoms with Crippen LogP contribution in [0.3, 0.4) is 0 Å². The van der Waals surface area contributed by atoms with E-state index in [1.54, 1.807) is 0 Å². The molecule has 0 radical (unpaired) electrons. The van der Waals surface area contributed by atoms with E-state index in [4.69, 9.17) is 42.6 Å². The largest absolute Gasteiger partial charge is 0.387 e. The highest BCUT2D eigenvalue weighted by molar-refractivity contribution is 5.47. The van der Waals surface area contributed by atoms with Gasteiger partial charge >= 0.3 is 0 Å². The number of benzene rings is 6. The number of hydrogen-bond donors (Lipinski definition) is 7. The quantitative estimate of drug-likeness (QED) is 0.0504. The van der Waals surface area contributed by atoms with Crippen LogP contribution in [-0.4, -0.2) is 148 Å². The Morgan fingerprint density at radius 2 is 0.635 bits per heavy atom. The van der Waals surface area contributed by atoms with Crippen LogP contribution in [0.2, 0.25) is 0 Å². The predicted octanol–water partition coefficient (Wildman–Crippen LogP) is 4.12. The zero-order chi connectivity index (χ0) is 51.4. The van der Waals surface area contributed by atoms with E-state index >= 15 is 0 Å². The van der Waals surface area contributed by atoms with Gasteiger partial charge in [0, 0.05) is 0 Å². The van der Waals surface area contributed by atoms with Crippen LogP contribution in [0, 0.1) is 0 Å². The fraction of sp³-hybridized carbons (Fsp3) is 0.379. The van der Waals surface area contributed by atoms with Crippen LogP contribution in [0.25, 0.3) is 0 Å². The molecule has 15 atom stereocenters. The number of ether oxygens (including phenoxy) is 9. The molecular formula is C58H64O16. The van der Waals surface area contributed by atoms with Crippen molar-refractivity contribution in [2.24, 2.45) is 0 Å². The van der Waals surface area contributed by atoms with E-state index in [1.807, 2.05) is 182 Å². The maximum atomic E-state index is 12.5. The van der Waals surface area contributed by atoms with Crippen LogP contribution in [0.1, 0.15) is 33.4 Å². The zero-order valence-corrected chi connectivity index (χ0v) is 40.5. The molecule has 0 bridgehead atoms. The lowest BCUT2D eigenvalue weighted by molar-refractivity contribution is -0.381. The SMILES string of the molecule is O[C@@H]1[C@@H](O[C@H]2[C@H](O)[C@H](O)[C@@H](O)O[C@@H]2COCc2ccccc2)O[C@H](COCc2ccccc2)[C@@H](O[C@H]2O[C@H](COCc3ccccc3)[C@@H](OC(c3ccccc3)(c3ccccc3)c3ccccc3)[C@H](O)[C@@H]2O)[C@@H]1O. The second kappa shape index (κ2) is 25.5. The summed E-state index contributed by atoms with van der Waals surface area (Å²) >= 11 is 0. The zero-order valence-electron chi connectivity index (χ0n) is 40.5. The molecule has 3 aliphatic rings. The lowest BCUT2D eigenvalue weighted by Gasteiger charge is -2.49. The number of rotatable bonds is 21. The van der Waals surface area contributed by atoms with Crippen LogP contribution in [0.4, 0.5) is 0 Å². The molecule has 0 spiro atoms. The summed E-state index contributed by atoms with van der Waals surface area (Å²) in [7, 11) is 0. The summed E-state index contributed by atoms with van der Waals surface area (Å²) in [5.41, 5.74) is 3.37. The third kappa shape index (κ3) is 12.5. The van der Waals surface area contributed by atoms with Crippen molar-refractivity contribution in [3.05, 3.63) is 215 Å². The minimum atomic E-state index is -1.90. The average Bonchev–Trinajstić information content (AvgIpc) is 3.45. The smallest absolute Gasteiger partial charge is 0.187 e. The Labute approximate surface area is 429 Å². The lowest BCUT2D eigenvalue weighted by atomic mass is 9.79. The van der Waals surface area contributed by atoms with Gasteiger partial charge < -0.3 is 78.4 Å². The molecule has 0 aromatic heterocycles. The Balaban J connectivity index is 0.997. The van der Waals surface area contributed by atoms with Crippen molar-refractivity contribution in [1.29, 1.82) is 0 Å². The second-order valence-corrected chi connectivity index (χ2v) is 18.7. The average molecular weight is 1020 g/mol. The summed E-state index contributed by atoms with van der Waals surface area (Å²) in [5, 5.41) is 81.0. The summed E-state index contributed by atoms with van der Waals surface area (Å²) < 4.78 is 56.8. The van der Waals surface area contributed by atoms with Gasteiger partial charge in [-0.15, -0.1) is 0 Å². The van der Waals surface area contributed by atoms with Crippen LogP contribution >= 0.6 is 0 Å². The maximum Gasteiger partial charge on any atom is 0.187 e. The normalized spacial score (nSPS) is 30.4. The van der Waals surface area contributed by atoms with Gasteiger partial charge in [-0.25, -0.2) is 0 Å². The third-order valence-corrected chi connectivity index (χ3v) is 13.6. The van der Waals surface area contributed by atoms with Gasteiger partial charge in [-0.2, -0.15) is 0 Å². The van der Waals surface area contributed by atoms with Crippen molar-refractivity contribution < 1.29 is 78.4 Å². The Hall–Kier alpha value is -5.32. The molecule has 392 valence electrons. The van der Waals surface area contributed by atoms with E-state index in [-0.39, 0.29) is 39.6 Å². The molecule has 7 N–H and O–H groups in total. The third-order valence-electron chi connectivity index (χ3n) is 13.6. The maximum absolute atomic E-state index is 12.5. The van der Waals surface area contributed by atoms with E-state index in [1.165, 1.54) is 0 Å². The van der Waals surface area contributed by atoms with Gasteiger partial charge in [0.15, 0.2) is 18.9 Å². The molecule has 6 aromatic rings. The molecule has 9 rings (SSSR count). The molecule has 3 saturated heterocycles. The molecule has 0 amide bonds. The Morgan fingerprint density at radius 3 is 1.00 bits per heavy atom. The summed E-state index contributed by atoms with van der Waals surface area (Å²) in [6, 6.07) is 56.7. The van der Waals surface area contributed by atoms with Gasteiger partial charge in [-0.05, 0) is 33.4 Å².